The molecule has 0 spiro atoms. The molecule has 3 rings (SSSR count). The highest BCUT2D eigenvalue weighted by Crippen LogP contribution is 2.44. The van der Waals surface area contributed by atoms with Gasteiger partial charge in [-0.2, -0.15) is 4.31 Å². The van der Waals surface area contributed by atoms with Gasteiger partial charge < -0.3 is 9.67 Å². The van der Waals surface area contributed by atoms with Gasteiger partial charge in [0.2, 0.25) is 0 Å². The van der Waals surface area contributed by atoms with E-state index < -0.39 is 22.0 Å². The molecule has 7 nitrogen and oxygen atoms in total. The van der Waals surface area contributed by atoms with Crippen LogP contribution < -0.4 is 0 Å². The SMILES string of the molecule is CCn1cnc(S(=O)(=O)N2CC3CCCC3C2C(=O)O)c1. The number of hydrogen-bond donors (Lipinski definition) is 1. The molecule has 21 heavy (non-hydrogen) atoms. The van der Waals surface area contributed by atoms with Crippen LogP contribution >= 0.6 is 0 Å². The molecule has 1 saturated carbocycles. The van der Waals surface area contributed by atoms with Crippen LogP contribution in [0.1, 0.15) is 26.2 Å². The average Bonchev–Trinajstić information content (AvgIpc) is 3.12. The van der Waals surface area contributed by atoms with Gasteiger partial charge in [0.25, 0.3) is 10.0 Å². The average molecular weight is 313 g/mol. The fraction of sp³-hybridized carbons (Fsp3) is 0.692. The normalized spacial score (nSPS) is 29.7. The number of carboxylic acid groups (broad SMARTS) is 1. The number of imidazole rings is 1. The van der Waals surface area contributed by atoms with Crippen molar-refractivity contribution in [2.24, 2.45) is 11.8 Å². The van der Waals surface area contributed by atoms with Crippen molar-refractivity contribution >= 4 is 16.0 Å². The number of sulfonamides is 1. The zero-order chi connectivity index (χ0) is 15.2. The minimum atomic E-state index is -3.84. The molecule has 0 bridgehead atoms. The highest BCUT2D eigenvalue weighted by Gasteiger charge is 2.52. The van der Waals surface area contributed by atoms with Crippen LogP contribution in [0.2, 0.25) is 0 Å². The number of fused-ring (bicyclic) bond motifs is 1. The number of carboxylic acids is 1. The number of aryl methyl sites for hydroxylation is 1. The highest BCUT2D eigenvalue weighted by molar-refractivity contribution is 7.89. The number of carbonyl (C=O) groups is 1. The van der Waals surface area contributed by atoms with E-state index in [0.717, 1.165) is 23.6 Å². The Morgan fingerprint density at radius 2 is 2.24 bits per heavy atom. The molecule has 2 heterocycles. The van der Waals surface area contributed by atoms with Crippen molar-refractivity contribution in [3.05, 3.63) is 12.5 Å². The maximum atomic E-state index is 12.7. The van der Waals surface area contributed by atoms with Crippen LogP contribution in [-0.4, -0.2) is 45.9 Å². The van der Waals surface area contributed by atoms with Crippen molar-refractivity contribution in [1.82, 2.24) is 13.9 Å². The first-order valence-electron chi connectivity index (χ1n) is 7.21. The van der Waals surface area contributed by atoms with E-state index in [2.05, 4.69) is 4.98 Å². The topological polar surface area (TPSA) is 92.5 Å². The summed E-state index contributed by atoms with van der Waals surface area (Å²) in [5, 5.41) is 9.40. The van der Waals surface area contributed by atoms with E-state index in [9.17, 15) is 18.3 Å². The van der Waals surface area contributed by atoms with E-state index in [1.807, 2.05) is 6.92 Å². The molecular formula is C13H19N3O4S. The van der Waals surface area contributed by atoms with E-state index >= 15 is 0 Å². The van der Waals surface area contributed by atoms with Gasteiger partial charge in [-0.25, -0.2) is 13.4 Å². The van der Waals surface area contributed by atoms with Crippen molar-refractivity contribution in [2.75, 3.05) is 6.54 Å². The van der Waals surface area contributed by atoms with Crippen LogP contribution in [-0.2, 0) is 21.4 Å². The molecule has 1 aromatic rings. The van der Waals surface area contributed by atoms with Gasteiger partial charge in [0.05, 0.1) is 6.33 Å². The van der Waals surface area contributed by atoms with E-state index in [1.165, 1.54) is 12.5 Å². The molecule has 0 aromatic carbocycles. The van der Waals surface area contributed by atoms with Crippen LogP contribution in [0.4, 0.5) is 0 Å². The van der Waals surface area contributed by atoms with E-state index in [0.29, 0.717) is 13.1 Å². The number of rotatable bonds is 4. The molecule has 2 fully saturated rings. The lowest BCUT2D eigenvalue weighted by atomic mass is 9.94. The Morgan fingerprint density at radius 1 is 1.48 bits per heavy atom. The Balaban J connectivity index is 1.96. The summed E-state index contributed by atoms with van der Waals surface area (Å²) in [6.07, 6.45) is 5.60. The van der Waals surface area contributed by atoms with Gasteiger partial charge in [0, 0.05) is 19.3 Å². The molecule has 1 aliphatic heterocycles. The molecule has 1 aliphatic carbocycles. The lowest BCUT2D eigenvalue weighted by Gasteiger charge is -2.22. The molecule has 116 valence electrons. The molecule has 1 aromatic heterocycles. The van der Waals surface area contributed by atoms with E-state index in [1.54, 1.807) is 4.57 Å². The van der Waals surface area contributed by atoms with Crippen LogP contribution in [0, 0.1) is 11.8 Å². The predicted molar refractivity (Wildman–Crippen MR) is 74.0 cm³/mol. The minimum Gasteiger partial charge on any atom is -0.480 e. The molecule has 2 aliphatic rings. The van der Waals surface area contributed by atoms with Crippen molar-refractivity contribution in [3.63, 3.8) is 0 Å². The van der Waals surface area contributed by atoms with Gasteiger partial charge in [-0.15, -0.1) is 0 Å². The summed E-state index contributed by atoms with van der Waals surface area (Å²) in [5.74, 6) is -0.956. The maximum Gasteiger partial charge on any atom is 0.322 e. The molecule has 0 amide bonds. The van der Waals surface area contributed by atoms with Gasteiger partial charge in [0.1, 0.15) is 6.04 Å². The van der Waals surface area contributed by atoms with Gasteiger partial charge in [0.15, 0.2) is 5.03 Å². The highest BCUT2D eigenvalue weighted by atomic mass is 32.2. The molecule has 8 heteroatoms. The molecular weight excluding hydrogens is 294 g/mol. The van der Waals surface area contributed by atoms with Gasteiger partial charge >= 0.3 is 5.97 Å². The fourth-order valence-electron chi connectivity index (χ4n) is 3.59. The Hall–Kier alpha value is -1.41. The summed E-state index contributed by atoms with van der Waals surface area (Å²) in [7, 11) is -3.84. The number of aliphatic carboxylic acids is 1. The van der Waals surface area contributed by atoms with Gasteiger partial charge in [-0.1, -0.05) is 6.42 Å². The molecule has 1 N–H and O–H groups in total. The van der Waals surface area contributed by atoms with Crippen LogP contribution in [0.25, 0.3) is 0 Å². The second-order valence-corrected chi connectivity index (χ2v) is 7.59. The number of hydrogen-bond acceptors (Lipinski definition) is 4. The zero-order valence-corrected chi connectivity index (χ0v) is 12.7. The monoisotopic (exact) mass is 313 g/mol. The summed E-state index contributed by atoms with van der Waals surface area (Å²) < 4.78 is 28.2. The molecule has 3 unspecified atom stereocenters. The van der Waals surface area contributed by atoms with E-state index in [4.69, 9.17) is 0 Å². The summed E-state index contributed by atoms with van der Waals surface area (Å²) in [4.78, 5) is 15.5. The van der Waals surface area contributed by atoms with Crippen molar-refractivity contribution < 1.29 is 18.3 Å². The standard InChI is InChI=1S/C13H19N3O4S/c1-2-15-7-11(14-8-15)21(19,20)16-6-9-4-3-5-10(9)12(16)13(17)18/h7-10,12H,2-6H2,1H3,(H,17,18). The summed E-state index contributed by atoms with van der Waals surface area (Å²) in [6.45, 7) is 2.80. The first-order valence-corrected chi connectivity index (χ1v) is 8.65. The Labute approximate surface area is 123 Å². The summed E-state index contributed by atoms with van der Waals surface area (Å²) in [5.41, 5.74) is 0. The molecule has 3 atom stereocenters. The van der Waals surface area contributed by atoms with Crippen molar-refractivity contribution in [3.8, 4) is 0 Å². The lowest BCUT2D eigenvalue weighted by Crippen LogP contribution is -2.43. The number of nitrogens with zero attached hydrogens (tertiary/aromatic N) is 3. The second-order valence-electron chi connectivity index (χ2n) is 5.75. The van der Waals surface area contributed by atoms with Crippen molar-refractivity contribution in [1.29, 1.82) is 0 Å². The Morgan fingerprint density at radius 3 is 2.86 bits per heavy atom. The Kier molecular flexibility index (Phi) is 3.53. The van der Waals surface area contributed by atoms with Crippen LogP contribution in [0.5, 0.6) is 0 Å². The largest absolute Gasteiger partial charge is 0.480 e. The Bertz CT molecular complexity index is 654. The van der Waals surface area contributed by atoms with E-state index in [-0.39, 0.29) is 16.9 Å². The van der Waals surface area contributed by atoms with Gasteiger partial charge in [-0.3, -0.25) is 4.79 Å². The van der Waals surface area contributed by atoms with Gasteiger partial charge in [-0.05, 0) is 31.6 Å². The summed E-state index contributed by atoms with van der Waals surface area (Å²) in [6, 6.07) is -0.950. The first-order chi connectivity index (χ1) is 9.95. The van der Waals surface area contributed by atoms with Crippen LogP contribution in [0.15, 0.2) is 17.6 Å². The summed E-state index contributed by atoms with van der Waals surface area (Å²) >= 11 is 0. The zero-order valence-electron chi connectivity index (χ0n) is 11.8. The first kappa shape index (κ1) is 14.5. The third kappa shape index (κ3) is 2.26. The predicted octanol–water partition coefficient (Wildman–Crippen LogP) is 0.777. The van der Waals surface area contributed by atoms with Crippen LogP contribution in [0.3, 0.4) is 0 Å². The third-order valence-corrected chi connectivity index (χ3v) is 6.38. The van der Waals surface area contributed by atoms with Crippen molar-refractivity contribution in [2.45, 2.75) is 43.8 Å². The maximum absolute atomic E-state index is 12.7. The molecule has 0 radical (unpaired) electrons. The quantitative estimate of drug-likeness (QED) is 0.886. The minimum absolute atomic E-state index is 0.0597. The fourth-order valence-corrected chi connectivity index (χ4v) is 5.21. The smallest absolute Gasteiger partial charge is 0.322 e. The lowest BCUT2D eigenvalue weighted by molar-refractivity contribution is -0.142. The third-order valence-electron chi connectivity index (χ3n) is 4.65. The number of aromatic nitrogens is 2. The molecule has 1 saturated heterocycles. The second kappa shape index (κ2) is 5.10.